The fourth-order valence-corrected chi connectivity index (χ4v) is 3.55. The van der Waals surface area contributed by atoms with Gasteiger partial charge in [0.1, 0.15) is 11.4 Å². The molecule has 0 bridgehead atoms. The van der Waals surface area contributed by atoms with E-state index in [1.807, 2.05) is 0 Å². The number of nitrogens with zero attached hydrogens (tertiary/aromatic N) is 1. The maximum atomic E-state index is 13.4. The fraction of sp³-hybridized carbons (Fsp3) is 0.500. The highest BCUT2D eigenvalue weighted by atomic mass is 35.5. The van der Waals surface area contributed by atoms with Crippen molar-refractivity contribution in [2.75, 3.05) is 18.6 Å². The summed E-state index contributed by atoms with van der Waals surface area (Å²) in [6.45, 7) is 0.252. The monoisotopic (exact) mass is 317 g/mol. The van der Waals surface area contributed by atoms with E-state index in [2.05, 4.69) is 0 Å². The van der Waals surface area contributed by atoms with Crippen LogP contribution in [-0.2, 0) is 11.3 Å². The molecule has 0 aromatic heterocycles. The van der Waals surface area contributed by atoms with E-state index in [9.17, 15) is 14.3 Å². The third kappa shape index (κ3) is 3.45. The van der Waals surface area contributed by atoms with Gasteiger partial charge in [-0.05, 0) is 42.0 Å². The van der Waals surface area contributed by atoms with Crippen molar-refractivity contribution < 1.29 is 14.3 Å². The highest BCUT2D eigenvalue weighted by Crippen LogP contribution is 2.29. The molecule has 1 aromatic rings. The predicted molar refractivity (Wildman–Crippen MR) is 79.4 cm³/mol. The minimum Gasteiger partial charge on any atom is -0.380 e. The highest BCUT2D eigenvalue weighted by Gasteiger charge is 2.39. The summed E-state index contributed by atoms with van der Waals surface area (Å²) in [6, 6.07) is 4.46. The second kappa shape index (κ2) is 6.33. The van der Waals surface area contributed by atoms with Gasteiger partial charge < -0.3 is 10.0 Å². The first kappa shape index (κ1) is 15.6. The summed E-state index contributed by atoms with van der Waals surface area (Å²) < 4.78 is 13.4. The lowest BCUT2D eigenvalue weighted by Crippen LogP contribution is -2.49. The summed E-state index contributed by atoms with van der Waals surface area (Å²) in [7, 11) is 1.62. The van der Waals surface area contributed by atoms with E-state index in [1.54, 1.807) is 24.9 Å². The van der Waals surface area contributed by atoms with E-state index in [0.717, 1.165) is 11.5 Å². The number of likely N-dealkylation sites (N-methyl/N-ethyl adjacent to an activating group) is 1. The number of aliphatic hydroxyl groups is 1. The summed E-state index contributed by atoms with van der Waals surface area (Å²) in [5.41, 5.74) is -0.623. The predicted octanol–water partition coefficient (Wildman–Crippen LogP) is 2.70. The van der Waals surface area contributed by atoms with E-state index in [-0.39, 0.29) is 17.5 Å². The fourth-order valence-electron chi connectivity index (χ4n) is 2.26. The van der Waals surface area contributed by atoms with Crippen LogP contribution in [0.5, 0.6) is 0 Å². The van der Waals surface area contributed by atoms with Crippen LogP contribution in [0.15, 0.2) is 18.2 Å². The van der Waals surface area contributed by atoms with E-state index >= 15 is 0 Å². The smallest absolute Gasteiger partial charge is 0.254 e. The van der Waals surface area contributed by atoms with Crippen LogP contribution in [0.2, 0.25) is 5.02 Å². The van der Waals surface area contributed by atoms with E-state index < -0.39 is 11.4 Å². The molecule has 1 N–H and O–H groups in total. The van der Waals surface area contributed by atoms with Gasteiger partial charge in [-0.1, -0.05) is 17.7 Å². The molecule has 110 valence electrons. The number of thioether (sulfide) groups is 1. The highest BCUT2D eigenvalue weighted by molar-refractivity contribution is 7.99. The van der Waals surface area contributed by atoms with Crippen LogP contribution < -0.4 is 0 Å². The molecule has 0 unspecified atom stereocenters. The largest absolute Gasteiger partial charge is 0.380 e. The Morgan fingerprint density at radius 1 is 1.50 bits per heavy atom. The summed E-state index contributed by atoms with van der Waals surface area (Å²) in [4.78, 5) is 13.8. The third-order valence-corrected chi connectivity index (χ3v) is 4.76. The van der Waals surface area contributed by atoms with Crippen LogP contribution in [0, 0.1) is 5.82 Å². The van der Waals surface area contributed by atoms with Gasteiger partial charge in [0.15, 0.2) is 0 Å². The number of benzene rings is 1. The van der Waals surface area contributed by atoms with Crippen molar-refractivity contribution in [3.8, 4) is 0 Å². The van der Waals surface area contributed by atoms with Crippen LogP contribution in [0.1, 0.15) is 18.4 Å². The Kier molecular flexibility index (Phi) is 4.94. The van der Waals surface area contributed by atoms with Gasteiger partial charge in [-0.15, -0.1) is 0 Å². The van der Waals surface area contributed by atoms with Crippen LogP contribution in [0.3, 0.4) is 0 Å². The Morgan fingerprint density at radius 2 is 2.15 bits per heavy atom. The minimum absolute atomic E-state index is 0.0608. The molecular formula is C14H17ClFNO2S. The third-order valence-electron chi connectivity index (χ3n) is 3.47. The molecule has 1 saturated heterocycles. The zero-order chi connectivity index (χ0) is 14.8. The molecule has 0 atom stereocenters. The summed E-state index contributed by atoms with van der Waals surface area (Å²) in [5.74, 6) is 0.767. The molecule has 1 aliphatic rings. The maximum Gasteiger partial charge on any atom is 0.254 e. The normalized spacial score (nSPS) is 17.8. The molecule has 3 nitrogen and oxygen atoms in total. The van der Waals surface area contributed by atoms with Gasteiger partial charge in [0.2, 0.25) is 0 Å². The molecule has 0 aliphatic carbocycles. The number of hydrogen-bond donors (Lipinski definition) is 1. The number of carbonyl (C=O) groups is 1. The van der Waals surface area contributed by atoms with Crippen molar-refractivity contribution in [3.63, 3.8) is 0 Å². The Labute approximate surface area is 127 Å². The van der Waals surface area contributed by atoms with Gasteiger partial charge >= 0.3 is 0 Å². The molecule has 0 spiro atoms. The lowest BCUT2D eigenvalue weighted by molar-refractivity contribution is -0.151. The van der Waals surface area contributed by atoms with Gasteiger partial charge in [0.05, 0.1) is 5.02 Å². The standard InChI is InChI=1S/C14H17ClFNO2S/c1-17(9-10-2-3-11(15)12(16)8-10)13(18)14(19)4-6-20-7-5-14/h2-3,8,19H,4-7,9H2,1H3. The van der Waals surface area contributed by atoms with Crippen molar-refractivity contribution >= 4 is 29.3 Å². The van der Waals surface area contributed by atoms with E-state index in [0.29, 0.717) is 18.4 Å². The number of amides is 1. The van der Waals surface area contributed by atoms with Crippen LogP contribution in [-0.4, -0.2) is 40.1 Å². The lowest BCUT2D eigenvalue weighted by atomic mass is 9.95. The summed E-state index contributed by atoms with van der Waals surface area (Å²) >= 11 is 7.36. The number of carbonyl (C=O) groups excluding carboxylic acids is 1. The molecule has 6 heteroatoms. The topological polar surface area (TPSA) is 40.5 Å². The molecule has 1 heterocycles. The average molecular weight is 318 g/mol. The van der Waals surface area contributed by atoms with E-state index in [4.69, 9.17) is 11.6 Å². The first-order chi connectivity index (χ1) is 9.42. The number of rotatable bonds is 3. The van der Waals surface area contributed by atoms with Crippen molar-refractivity contribution in [1.29, 1.82) is 0 Å². The van der Waals surface area contributed by atoms with Crippen molar-refractivity contribution in [1.82, 2.24) is 4.90 Å². The molecule has 1 aromatic carbocycles. The quantitative estimate of drug-likeness (QED) is 0.932. The van der Waals surface area contributed by atoms with Gasteiger partial charge in [-0.25, -0.2) is 4.39 Å². The Bertz CT molecular complexity index is 506. The minimum atomic E-state index is -1.27. The first-order valence-electron chi connectivity index (χ1n) is 6.42. The average Bonchev–Trinajstić information content (AvgIpc) is 2.43. The van der Waals surface area contributed by atoms with Crippen LogP contribution >= 0.6 is 23.4 Å². The van der Waals surface area contributed by atoms with Gasteiger partial charge in [0, 0.05) is 13.6 Å². The second-order valence-corrected chi connectivity index (χ2v) is 6.69. The lowest BCUT2D eigenvalue weighted by Gasteiger charge is -2.34. The van der Waals surface area contributed by atoms with Gasteiger partial charge in [-0.2, -0.15) is 11.8 Å². The molecule has 1 aliphatic heterocycles. The first-order valence-corrected chi connectivity index (χ1v) is 7.95. The molecule has 1 fully saturated rings. The zero-order valence-corrected chi connectivity index (χ0v) is 12.8. The molecule has 20 heavy (non-hydrogen) atoms. The molecular weight excluding hydrogens is 301 g/mol. The molecule has 0 radical (unpaired) electrons. The number of halogens is 2. The van der Waals surface area contributed by atoms with Crippen LogP contribution in [0.25, 0.3) is 0 Å². The Morgan fingerprint density at radius 3 is 2.75 bits per heavy atom. The van der Waals surface area contributed by atoms with Crippen LogP contribution in [0.4, 0.5) is 4.39 Å². The van der Waals surface area contributed by atoms with E-state index in [1.165, 1.54) is 17.0 Å². The SMILES string of the molecule is CN(Cc1ccc(Cl)c(F)c1)C(=O)C1(O)CCSCC1. The van der Waals surface area contributed by atoms with Gasteiger partial charge in [-0.3, -0.25) is 4.79 Å². The van der Waals surface area contributed by atoms with Crippen molar-refractivity contribution in [2.24, 2.45) is 0 Å². The molecule has 0 saturated carbocycles. The maximum absolute atomic E-state index is 13.4. The zero-order valence-electron chi connectivity index (χ0n) is 11.2. The second-order valence-electron chi connectivity index (χ2n) is 5.05. The molecule has 2 rings (SSSR count). The van der Waals surface area contributed by atoms with Gasteiger partial charge in [0.25, 0.3) is 5.91 Å². The number of hydrogen-bond acceptors (Lipinski definition) is 3. The van der Waals surface area contributed by atoms with Crippen molar-refractivity contribution in [2.45, 2.75) is 25.0 Å². The summed E-state index contributed by atoms with van der Waals surface area (Å²) in [5, 5.41) is 10.4. The Balaban J connectivity index is 2.05. The Hall–Kier alpha value is -0.780. The summed E-state index contributed by atoms with van der Waals surface area (Å²) in [6.07, 6.45) is 0.936. The van der Waals surface area contributed by atoms with Crippen molar-refractivity contribution in [3.05, 3.63) is 34.6 Å². The molecule has 1 amide bonds.